The van der Waals surface area contributed by atoms with Crippen molar-refractivity contribution in [2.24, 2.45) is 5.92 Å². The summed E-state index contributed by atoms with van der Waals surface area (Å²) in [5.41, 5.74) is 1.18. The van der Waals surface area contributed by atoms with Crippen LogP contribution in [0.3, 0.4) is 0 Å². The molecular formula is C17H20N2O2. The van der Waals surface area contributed by atoms with Crippen LogP contribution in [0.1, 0.15) is 18.1 Å². The average molecular weight is 284 g/mol. The van der Waals surface area contributed by atoms with Crippen LogP contribution in [0.2, 0.25) is 0 Å². The van der Waals surface area contributed by atoms with E-state index in [1.54, 1.807) is 13.3 Å². The second kappa shape index (κ2) is 6.59. The first kappa shape index (κ1) is 13.9. The fourth-order valence-electron chi connectivity index (χ4n) is 2.75. The fourth-order valence-corrected chi connectivity index (χ4v) is 2.75. The maximum Gasteiger partial charge on any atom is 0.257 e. The normalized spacial score (nSPS) is 19.2. The molecular weight excluding hydrogens is 264 g/mol. The molecule has 2 atom stereocenters. The Morgan fingerprint density at radius 2 is 2.05 bits per heavy atom. The van der Waals surface area contributed by atoms with Gasteiger partial charge in [-0.15, -0.1) is 0 Å². The van der Waals surface area contributed by atoms with Crippen LogP contribution in [0.5, 0.6) is 11.6 Å². The van der Waals surface area contributed by atoms with Crippen molar-refractivity contribution in [3.05, 3.63) is 54.2 Å². The van der Waals surface area contributed by atoms with E-state index in [1.807, 2.05) is 30.3 Å². The summed E-state index contributed by atoms with van der Waals surface area (Å²) in [4.78, 5) is 4.32. The molecule has 1 N–H and O–H groups in total. The maximum atomic E-state index is 6.23. The van der Waals surface area contributed by atoms with Gasteiger partial charge in [-0.05, 0) is 30.7 Å². The van der Waals surface area contributed by atoms with E-state index in [0.717, 1.165) is 19.5 Å². The Morgan fingerprint density at radius 1 is 1.19 bits per heavy atom. The lowest BCUT2D eigenvalue weighted by Crippen LogP contribution is -2.22. The van der Waals surface area contributed by atoms with E-state index in [1.165, 1.54) is 5.56 Å². The second-order valence-electron chi connectivity index (χ2n) is 5.21. The second-order valence-corrected chi connectivity index (χ2v) is 5.21. The van der Waals surface area contributed by atoms with Crippen LogP contribution in [-0.2, 0) is 0 Å². The number of pyridine rings is 1. The molecule has 2 aromatic rings. The van der Waals surface area contributed by atoms with Gasteiger partial charge in [0.2, 0.25) is 0 Å². The monoisotopic (exact) mass is 284 g/mol. The molecule has 1 fully saturated rings. The zero-order valence-corrected chi connectivity index (χ0v) is 12.2. The van der Waals surface area contributed by atoms with Crippen molar-refractivity contribution in [2.75, 3.05) is 20.2 Å². The van der Waals surface area contributed by atoms with Gasteiger partial charge in [-0.25, -0.2) is 4.98 Å². The number of aromatic nitrogens is 1. The van der Waals surface area contributed by atoms with Gasteiger partial charge < -0.3 is 14.8 Å². The van der Waals surface area contributed by atoms with Crippen molar-refractivity contribution in [3.8, 4) is 11.6 Å². The topological polar surface area (TPSA) is 43.4 Å². The molecule has 0 amide bonds. The fraction of sp³-hybridized carbons (Fsp3) is 0.353. The first-order valence-electron chi connectivity index (χ1n) is 7.30. The summed E-state index contributed by atoms with van der Waals surface area (Å²) in [6.45, 7) is 2.01. The molecule has 0 spiro atoms. The summed E-state index contributed by atoms with van der Waals surface area (Å²) in [5, 5.41) is 3.41. The van der Waals surface area contributed by atoms with Crippen LogP contribution in [-0.4, -0.2) is 25.2 Å². The highest BCUT2D eigenvalue weighted by molar-refractivity contribution is 5.33. The largest absolute Gasteiger partial charge is 0.491 e. The lowest BCUT2D eigenvalue weighted by atomic mass is 9.95. The highest BCUT2D eigenvalue weighted by Gasteiger charge is 2.29. The third-order valence-corrected chi connectivity index (χ3v) is 3.85. The van der Waals surface area contributed by atoms with E-state index >= 15 is 0 Å². The predicted molar refractivity (Wildman–Crippen MR) is 81.6 cm³/mol. The van der Waals surface area contributed by atoms with Crippen molar-refractivity contribution < 1.29 is 9.47 Å². The number of nitrogens with one attached hydrogen (secondary N) is 1. The van der Waals surface area contributed by atoms with Crippen molar-refractivity contribution in [2.45, 2.75) is 12.5 Å². The zero-order valence-electron chi connectivity index (χ0n) is 12.2. The Kier molecular flexibility index (Phi) is 4.36. The van der Waals surface area contributed by atoms with Crippen LogP contribution in [0.15, 0.2) is 48.7 Å². The Bertz CT molecular complexity index is 568. The molecule has 110 valence electrons. The van der Waals surface area contributed by atoms with E-state index in [4.69, 9.17) is 9.47 Å². The molecule has 3 rings (SSSR count). The average Bonchev–Trinajstić information content (AvgIpc) is 3.08. The first-order chi connectivity index (χ1) is 10.4. The summed E-state index contributed by atoms with van der Waals surface area (Å²) in [6.07, 6.45) is 2.83. The van der Waals surface area contributed by atoms with Gasteiger partial charge in [0.15, 0.2) is 5.75 Å². The molecule has 1 aromatic carbocycles. The van der Waals surface area contributed by atoms with E-state index < -0.39 is 0 Å². The van der Waals surface area contributed by atoms with Gasteiger partial charge in [0.1, 0.15) is 6.10 Å². The van der Waals surface area contributed by atoms with Gasteiger partial charge >= 0.3 is 0 Å². The molecule has 0 aliphatic carbocycles. The molecule has 1 saturated heterocycles. The number of benzene rings is 1. The van der Waals surface area contributed by atoms with Crippen molar-refractivity contribution in [1.82, 2.24) is 10.3 Å². The van der Waals surface area contributed by atoms with Gasteiger partial charge in [-0.2, -0.15) is 0 Å². The van der Waals surface area contributed by atoms with Crippen LogP contribution in [0.25, 0.3) is 0 Å². The smallest absolute Gasteiger partial charge is 0.257 e. The summed E-state index contributed by atoms with van der Waals surface area (Å²) in [7, 11) is 1.64. The number of methoxy groups -OCH3 is 1. The van der Waals surface area contributed by atoms with Crippen LogP contribution in [0, 0.1) is 5.92 Å². The molecule has 0 saturated carbocycles. The van der Waals surface area contributed by atoms with Gasteiger partial charge in [-0.3, -0.25) is 0 Å². The molecule has 1 aliphatic rings. The van der Waals surface area contributed by atoms with Crippen molar-refractivity contribution in [1.29, 1.82) is 0 Å². The molecule has 0 radical (unpaired) electrons. The highest BCUT2D eigenvalue weighted by atomic mass is 16.5. The minimum Gasteiger partial charge on any atom is -0.491 e. The number of ether oxygens (including phenoxy) is 2. The standard InChI is InChI=1S/C17H20N2O2/c1-20-15-8-5-10-19-17(15)21-16(14-9-11-18-12-14)13-6-3-2-4-7-13/h2-8,10,14,16,18H,9,11-12H2,1H3. The Morgan fingerprint density at radius 3 is 2.76 bits per heavy atom. The summed E-state index contributed by atoms with van der Waals surface area (Å²) >= 11 is 0. The lowest BCUT2D eigenvalue weighted by Gasteiger charge is -2.25. The van der Waals surface area contributed by atoms with Gasteiger partial charge in [0.05, 0.1) is 7.11 Å². The quantitative estimate of drug-likeness (QED) is 0.917. The SMILES string of the molecule is COc1cccnc1OC(c1ccccc1)C1CCNC1. The number of hydrogen-bond acceptors (Lipinski definition) is 4. The minimum atomic E-state index is -0.00926. The molecule has 2 unspecified atom stereocenters. The van der Waals surface area contributed by atoms with E-state index in [2.05, 4.69) is 22.4 Å². The third-order valence-electron chi connectivity index (χ3n) is 3.85. The first-order valence-corrected chi connectivity index (χ1v) is 7.30. The molecule has 1 aromatic heterocycles. The molecule has 0 bridgehead atoms. The third kappa shape index (κ3) is 3.16. The van der Waals surface area contributed by atoms with Crippen LogP contribution in [0.4, 0.5) is 0 Å². The van der Waals surface area contributed by atoms with Gasteiger partial charge in [-0.1, -0.05) is 30.3 Å². The zero-order chi connectivity index (χ0) is 14.5. The lowest BCUT2D eigenvalue weighted by molar-refractivity contribution is 0.132. The Labute approximate surface area is 125 Å². The Balaban J connectivity index is 1.88. The molecule has 2 heterocycles. The molecule has 4 heteroatoms. The molecule has 1 aliphatic heterocycles. The Hall–Kier alpha value is -2.07. The van der Waals surface area contributed by atoms with Crippen LogP contribution < -0.4 is 14.8 Å². The number of nitrogens with zero attached hydrogens (tertiary/aromatic N) is 1. The van der Waals surface area contributed by atoms with Crippen molar-refractivity contribution >= 4 is 0 Å². The number of rotatable bonds is 5. The highest BCUT2D eigenvalue weighted by Crippen LogP contribution is 2.34. The molecule has 4 nitrogen and oxygen atoms in total. The summed E-state index contributed by atoms with van der Waals surface area (Å²) in [5.74, 6) is 1.67. The molecule has 21 heavy (non-hydrogen) atoms. The van der Waals surface area contributed by atoms with Gasteiger partial charge in [0.25, 0.3) is 5.88 Å². The van der Waals surface area contributed by atoms with E-state index in [9.17, 15) is 0 Å². The van der Waals surface area contributed by atoms with Crippen LogP contribution >= 0.6 is 0 Å². The van der Waals surface area contributed by atoms with Crippen molar-refractivity contribution in [3.63, 3.8) is 0 Å². The van der Waals surface area contributed by atoms with E-state index in [0.29, 0.717) is 17.5 Å². The van der Waals surface area contributed by atoms with Gasteiger partial charge in [0, 0.05) is 18.7 Å². The number of hydrogen-bond donors (Lipinski definition) is 1. The summed E-state index contributed by atoms with van der Waals surface area (Å²) < 4.78 is 11.6. The minimum absolute atomic E-state index is 0.00926. The summed E-state index contributed by atoms with van der Waals surface area (Å²) in [6, 6.07) is 14.1. The maximum absolute atomic E-state index is 6.23. The predicted octanol–water partition coefficient (Wildman–Crippen LogP) is 2.82. The van der Waals surface area contributed by atoms with E-state index in [-0.39, 0.29) is 6.10 Å².